The van der Waals surface area contributed by atoms with Gasteiger partial charge in [-0.1, -0.05) is 29.9 Å². The lowest BCUT2D eigenvalue weighted by Crippen LogP contribution is -2.50. The van der Waals surface area contributed by atoms with Gasteiger partial charge in [-0.15, -0.1) is 0 Å². The molecule has 1 unspecified atom stereocenters. The number of anilines is 1. The van der Waals surface area contributed by atoms with Crippen LogP contribution >= 0.6 is 0 Å². The number of morpholine rings is 1. The van der Waals surface area contributed by atoms with Crippen LogP contribution in [-0.2, 0) is 14.3 Å². The highest BCUT2D eigenvalue weighted by atomic mass is 16.5. The van der Waals surface area contributed by atoms with Crippen LogP contribution in [0.2, 0.25) is 0 Å². The number of para-hydroxylation sites is 1. The van der Waals surface area contributed by atoms with Crippen LogP contribution in [0.3, 0.4) is 0 Å². The summed E-state index contributed by atoms with van der Waals surface area (Å²) in [5.41, 5.74) is 19.6. The lowest BCUT2D eigenvalue weighted by Gasteiger charge is -2.40. The molecule has 4 fully saturated rings. The number of rotatable bonds is 8. The number of carbonyl (C=O) groups excluding carboxylic acids is 3. The first kappa shape index (κ1) is 39.6. The van der Waals surface area contributed by atoms with Gasteiger partial charge in [-0.25, -0.2) is 9.78 Å². The van der Waals surface area contributed by atoms with Crippen molar-refractivity contribution in [2.24, 2.45) is 17.6 Å². The quantitative estimate of drug-likeness (QED) is 0.220. The number of aromatic hydroxyl groups is 1. The molecule has 2 atom stereocenters. The molecule has 0 bridgehead atoms. The van der Waals surface area contributed by atoms with Crippen molar-refractivity contribution in [3.8, 4) is 5.75 Å². The minimum atomic E-state index is -0.394. The Bertz CT molecular complexity index is 2300. The average Bonchev–Trinajstić information content (AvgIpc) is 3.59. The second kappa shape index (κ2) is 16.7. The number of aryl methyl sites for hydroxylation is 1. The number of hydrazine groups is 1. The van der Waals surface area contributed by atoms with Crippen molar-refractivity contribution >= 4 is 40.3 Å². The van der Waals surface area contributed by atoms with Crippen LogP contribution in [0.5, 0.6) is 5.75 Å². The van der Waals surface area contributed by atoms with E-state index in [-0.39, 0.29) is 36.0 Å². The van der Waals surface area contributed by atoms with E-state index in [4.69, 9.17) is 15.5 Å². The Labute approximate surface area is 350 Å². The number of allylic oxidation sites excluding steroid dienone is 2. The maximum atomic E-state index is 13.9. The first-order valence-electron chi connectivity index (χ1n) is 21.5. The second-order valence-electron chi connectivity index (χ2n) is 17.2. The summed E-state index contributed by atoms with van der Waals surface area (Å²) in [6.45, 7) is 10.7. The summed E-state index contributed by atoms with van der Waals surface area (Å²) >= 11 is 0. The number of benzene rings is 1. The smallest absolute Gasteiger partial charge is 0.328 e. The summed E-state index contributed by atoms with van der Waals surface area (Å²) < 4.78 is 8.64. The molecule has 2 aliphatic carbocycles. The minimum Gasteiger partial charge on any atom is -0.507 e. The van der Waals surface area contributed by atoms with Gasteiger partial charge >= 0.3 is 6.03 Å². The maximum absolute atomic E-state index is 13.9. The number of pyridine rings is 1. The van der Waals surface area contributed by atoms with Gasteiger partial charge < -0.3 is 29.9 Å². The summed E-state index contributed by atoms with van der Waals surface area (Å²) in [4.78, 5) is 51.2. The van der Waals surface area contributed by atoms with E-state index < -0.39 is 6.03 Å². The molecule has 3 saturated heterocycles. The van der Waals surface area contributed by atoms with Crippen molar-refractivity contribution in [2.45, 2.75) is 64.5 Å². The zero-order valence-corrected chi connectivity index (χ0v) is 34.5. The van der Waals surface area contributed by atoms with E-state index in [2.05, 4.69) is 56.7 Å². The fraction of sp³-hybridized carbons (Fsp3) is 0.467. The molecule has 1 aromatic carbocycles. The van der Waals surface area contributed by atoms with Gasteiger partial charge in [0.25, 0.3) is 5.91 Å². The number of amides is 4. The van der Waals surface area contributed by atoms with Gasteiger partial charge in [0.15, 0.2) is 0 Å². The van der Waals surface area contributed by atoms with Crippen molar-refractivity contribution in [3.63, 3.8) is 0 Å². The molecule has 1 saturated carbocycles. The summed E-state index contributed by atoms with van der Waals surface area (Å²) in [5.74, 6) is 1.36. The molecule has 6 N–H and O–H groups in total. The van der Waals surface area contributed by atoms with Crippen molar-refractivity contribution in [3.05, 3.63) is 94.7 Å². The normalized spacial score (nSPS) is 25.6. The molecule has 0 spiro atoms. The highest BCUT2D eigenvalue weighted by Crippen LogP contribution is 2.37. The highest BCUT2D eigenvalue weighted by molar-refractivity contribution is 6.06. The Hall–Kier alpha value is -5.80. The van der Waals surface area contributed by atoms with E-state index in [1.54, 1.807) is 23.2 Å². The Kier molecular flexibility index (Phi) is 11.0. The number of urea groups is 1. The van der Waals surface area contributed by atoms with Gasteiger partial charge in [-0.3, -0.25) is 35.6 Å². The van der Waals surface area contributed by atoms with Gasteiger partial charge in [0.2, 0.25) is 5.91 Å². The summed E-state index contributed by atoms with van der Waals surface area (Å²) in [7, 11) is 0. The number of nitrogens with two attached hydrogens (primary N) is 1. The molecule has 2 aromatic heterocycles. The van der Waals surface area contributed by atoms with Gasteiger partial charge in [-0.2, -0.15) is 0 Å². The lowest BCUT2D eigenvalue weighted by atomic mass is 9.85. The van der Waals surface area contributed by atoms with Crippen LogP contribution in [0.15, 0.2) is 83.6 Å². The molecule has 15 nitrogen and oxygen atoms in total. The van der Waals surface area contributed by atoms with E-state index in [1.165, 1.54) is 0 Å². The highest BCUT2D eigenvalue weighted by Gasteiger charge is 2.34. The average molecular weight is 817 g/mol. The molecule has 60 heavy (non-hydrogen) atoms. The number of ether oxygens (including phenoxy) is 1. The molecule has 6 aliphatic rings. The molecule has 316 valence electrons. The number of phenolic OH excluding ortho intramolecular Hbond substituents is 1. The van der Waals surface area contributed by atoms with Gasteiger partial charge in [-0.05, 0) is 81.7 Å². The van der Waals surface area contributed by atoms with Gasteiger partial charge in [0, 0.05) is 93.5 Å². The summed E-state index contributed by atoms with van der Waals surface area (Å²) in [6, 6.07) is 9.22. The summed E-state index contributed by atoms with van der Waals surface area (Å²) in [5, 5.41) is 13.9. The van der Waals surface area contributed by atoms with Gasteiger partial charge in [0.05, 0.1) is 36.0 Å². The predicted octanol–water partition coefficient (Wildman–Crippen LogP) is 4.24. The second-order valence-corrected chi connectivity index (χ2v) is 17.2. The molecule has 3 aromatic rings. The molecule has 9 rings (SSSR count). The number of imide groups is 1. The number of hydrogen-bond acceptors (Lipinski definition) is 11. The number of piperazine rings is 1. The van der Waals surface area contributed by atoms with E-state index in [0.29, 0.717) is 55.3 Å². The van der Waals surface area contributed by atoms with E-state index >= 15 is 0 Å². The van der Waals surface area contributed by atoms with Crippen LogP contribution in [0.25, 0.3) is 16.7 Å². The van der Waals surface area contributed by atoms with Crippen LogP contribution in [-0.4, -0.2) is 112 Å². The summed E-state index contributed by atoms with van der Waals surface area (Å²) in [6.07, 6.45) is 15.6. The molecular formula is C45H56N10O5. The van der Waals surface area contributed by atoms with Crippen LogP contribution < -0.4 is 26.8 Å². The number of fused-ring (bicyclic) bond motifs is 1. The zero-order chi connectivity index (χ0) is 41.5. The van der Waals surface area contributed by atoms with E-state index in [0.717, 1.165) is 104 Å². The minimum absolute atomic E-state index is 0.0563. The monoisotopic (exact) mass is 816 g/mol. The molecule has 15 heteroatoms. The number of nitrogens with one attached hydrogen (secondary N) is 3. The van der Waals surface area contributed by atoms with E-state index in [1.807, 2.05) is 35.3 Å². The number of hydrogen-bond donors (Lipinski definition) is 5. The standard InChI is InChI=1S/C45H56N10O5/c1-28-21-31(40-27-53(19-20-60-40)38-23-37(49-50-42(38)46)35-5-3-4-6-39(35)56)9-12-34(28)44(58)52-17-15-51(16-18-52)26-30-7-10-32(11-8-30)55-25-29(2)36-22-33(24-47-43(36)55)54-14-13-41(57)48-45(54)59/h3-6,9,12,22-25,30-32,40,49-50,56H,7-8,10-11,13-21,26-27,46H2,1-2H3,(H,48,57,59)/t30?,31?,32?,40-/m0/s1. The number of nitrogens with zero attached hydrogens (tertiary/aromatic N) is 6. The molecule has 4 aliphatic heterocycles. The van der Waals surface area contributed by atoms with Crippen molar-refractivity contribution in [1.82, 2.24) is 40.4 Å². The van der Waals surface area contributed by atoms with Crippen LogP contribution in [0.4, 0.5) is 10.5 Å². The Balaban J connectivity index is 0.746. The number of carbonyl (C=O) groups is 3. The third-order valence-corrected chi connectivity index (χ3v) is 13.3. The fourth-order valence-corrected chi connectivity index (χ4v) is 9.91. The molecule has 6 heterocycles. The van der Waals surface area contributed by atoms with Crippen molar-refractivity contribution in [2.75, 3.05) is 63.9 Å². The Morgan fingerprint density at radius 1 is 1.02 bits per heavy atom. The largest absolute Gasteiger partial charge is 0.507 e. The Morgan fingerprint density at radius 2 is 1.82 bits per heavy atom. The number of aromatic nitrogens is 2. The third kappa shape index (κ3) is 7.95. The van der Waals surface area contributed by atoms with Crippen LogP contribution in [0, 0.1) is 18.8 Å². The topological polar surface area (TPSA) is 174 Å². The zero-order valence-electron chi connectivity index (χ0n) is 34.5. The van der Waals surface area contributed by atoms with E-state index in [9.17, 15) is 19.5 Å². The molecule has 0 radical (unpaired) electrons. The first-order chi connectivity index (χ1) is 29.1. The SMILES string of the molecule is CC1=C(C(=O)N2CCN(CC3CCC(n4cc(C)c5cc(N6CCC(=O)NC6=O)cnc54)CC3)CC2)C=CC([C@@H]2CN(C3=C(N)NNC(c4ccccc4O)=C3)CCO2)C1. The van der Waals surface area contributed by atoms with Crippen molar-refractivity contribution in [1.29, 1.82) is 0 Å². The van der Waals surface area contributed by atoms with Crippen LogP contribution in [0.1, 0.15) is 62.6 Å². The first-order valence-corrected chi connectivity index (χ1v) is 21.5. The number of phenols is 1. The van der Waals surface area contributed by atoms with Crippen molar-refractivity contribution < 1.29 is 24.2 Å². The molecular weight excluding hydrogens is 761 g/mol. The third-order valence-electron chi connectivity index (χ3n) is 13.3. The fourth-order valence-electron chi connectivity index (χ4n) is 9.91. The molecule has 4 amide bonds. The maximum Gasteiger partial charge on any atom is 0.328 e. The lowest BCUT2D eigenvalue weighted by molar-refractivity contribution is -0.128. The predicted molar refractivity (Wildman–Crippen MR) is 229 cm³/mol. The Morgan fingerprint density at radius 3 is 2.58 bits per heavy atom. The van der Waals surface area contributed by atoms with Gasteiger partial charge in [0.1, 0.15) is 17.2 Å².